The number of hydrogen-bond acceptors (Lipinski definition) is 5. The molecule has 2 rings (SSSR count). The average molecular weight is 286 g/mol. The third-order valence-electron chi connectivity index (χ3n) is 3.07. The lowest BCUT2D eigenvalue weighted by Gasteiger charge is -2.17. The molecule has 0 saturated heterocycles. The van der Waals surface area contributed by atoms with Crippen LogP contribution in [0.25, 0.3) is 0 Å². The van der Waals surface area contributed by atoms with Gasteiger partial charge in [0.05, 0.1) is 12.8 Å². The first-order valence-electron chi connectivity index (χ1n) is 6.45. The van der Waals surface area contributed by atoms with Gasteiger partial charge in [-0.05, 0) is 29.8 Å². The standard InChI is InChI=1S/C15H18N4O2/c1-19(10-11-3-5-13(21-2)6-4-11)15(20)14-9-12(18-16)7-8-17-14/h3-9H,10,16H2,1-2H3,(H,17,18). The Labute approximate surface area is 123 Å². The van der Waals surface area contributed by atoms with Crippen molar-refractivity contribution in [3.8, 4) is 5.75 Å². The summed E-state index contributed by atoms with van der Waals surface area (Å²) < 4.78 is 5.11. The maximum Gasteiger partial charge on any atom is 0.272 e. The van der Waals surface area contributed by atoms with Gasteiger partial charge in [-0.25, -0.2) is 0 Å². The second kappa shape index (κ2) is 6.71. The first-order valence-corrected chi connectivity index (χ1v) is 6.45. The Hall–Kier alpha value is -2.60. The van der Waals surface area contributed by atoms with E-state index < -0.39 is 0 Å². The molecule has 6 heteroatoms. The molecule has 3 N–H and O–H groups in total. The fourth-order valence-electron chi connectivity index (χ4n) is 1.91. The fraction of sp³-hybridized carbons (Fsp3) is 0.200. The van der Waals surface area contributed by atoms with Crippen LogP contribution in [-0.4, -0.2) is 29.9 Å². The zero-order chi connectivity index (χ0) is 15.2. The molecule has 0 bridgehead atoms. The van der Waals surface area contributed by atoms with Gasteiger partial charge in [-0.3, -0.25) is 15.6 Å². The van der Waals surface area contributed by atoms with Crippen molar-refractivity contribution in [2.75, 3.05) is 19.6 Å². The number of anilines is 1. The molecular formula is C15H18N4O2. The summed E-state index contributed by atoms with van der Waals surface area (Å²) in [7, 11) is 3.35. The molecule has 0 aliphatic rings. The Morgan fingerprint density at radius 1 is 1.33 bits per heavy atom. The lowest BCUT2D eigenvalue weighted by atomic mass is 10.2. The largest absolute Gasteiger partial charge is 0.497 e. The minimum atomic E-state index is -0.164. The van der Waals surface area contributed by atoms with Crippen molar-refractivity contribution in [2.24, 2.45) is 5.84 Å². The number of carbonyl (C=O) groups is 1. The summed E-state index contributed by atoms with van der Waals surface area (Å²) in [6.45, 7) is 0.491. The van der Waals surface area contributed by atoms with Crippen molar-refractivity contribution in [3.63, 3.8) is 0 Å². The summed E-state index contributed by atoms with van der Waals surface area (Å²) in [6.07, 6.45) is 1.55. The van der Waals surface area contributed by atoms with Crippen molar-refractivity contribution in [3.05, 3.63) is 53.9 Å². The number of aromatic nitrogens is 1. The van der Waals surface area contributed by atoms with Crippen LogP contribution in [0.5, 0.6) is 5.75 Å². The van der Waals surface area contributed by atoms with E-state index in [0.717, 1.165) is 11.3 Å². The number of rotatable bonds is 5. The number of ether oxygens (including phenoxy) is 1. The highest BCUT2D eigenvalue weighted by molar-refractivity contribution is 5.92. The summed E-state index contributed by atoms with van der Waals surface area (Å²) in [5, 5.41) is 0. The molecule has 6 nitrogen and oxygen atoms in total. The Balaban J connectivity index is 2.07. The third kappa shape index (κ3) is 3.70. The summed E-state index contributed by atoms with van der Waals surface area (Å²) in [6, 6.07) is 10.9. The van der Waals surface area contributed by atoms with Crippen molar-refractivity contribution in [2.45, 2.75) is 6.54 Å². The zero-order valence-electron chi connectivity index (χ0n) is 12.0. The quantitative estimate of drug-likeness (QED) is 0.645. The number of amides is 1. The van der Waals surface area contributed by atoms with E-state index in [-0.39, 0.29) is 5.91 Å². The van der Waals surface area contributed by atoms with Gasteiger partial charge >= 0.3 is 0 Å². The van der Waals surface area contributed by atoms with E-state index in [0.29, 0.717) is 17.9 Å². The number of carbonyl (C=O) groups excluding carboxylic acids is 1. The van der Waals surface area contributed by atoms with E-state index in [2.05, 4.69) is 10.4 Å². The zero-order valence-corrected chi connectivity index (χ0v) is 12.0. The van der Waals surface area contributed by atoms with Crippen LogP contribution in [0.3, 0.4) is 0 Å². The molecular weight excluding hydrogens is 268 g/mol. The van der Waals surface area contributed by atoms with Gasteiger partial charge in [0, 0.05) is 19.8 Å². The molecule has 2 aromatic rings. The van der Waals surface area contributed by atoms with Crippen molar-refractivity contribution >= 4 is 11.6 Å². The molecule has 1 aromatic carbocycles. The predicted molar refractivity (Wildman–Crippen MR) is 80.8 cm³/mol. The van der Waals surface area contributed by atoms with Crippen molar-refractivity contribution in [1.82, 2.24) is 9.88 Å². The van der Waals surface area contributed by atoms with Crippen LogP contribution < -0.4 is 16.0 Å². The first-order chi connectivity index (χ1) is 10.1. The van der Waals surface area contributed by atoms with Gasteiger partial charge in [0.15, 0.2) is 0 Å². The molecule has 0 unspecified atom stereocenters. The molecule has 21 heavy (non-hydrogen) atoms. The molecule has 1 aromatic heterocycles. The van der Waals surface area contributed by atoms with E-state index in [9.17, 15) is 4.79 Å². The van der Waals surface area contributed by atoms with Crippen LogP contribution in [0.1, 0.15) is 16.1 Å². The molecule has 0 atom stereocenters. The molecule has 110 valence electrons. The number of nitrogen functional groups attached to an aromatic ring is 1. The number of nitrogens with zero attached hydrogens (tertiary/aromatic N) is 2. The lowest BCUT2D eigenvalue weighted by molar-refractivity contribution is 0.0779. The Morgan fingerprint density at radius 3 is 2.67 bits per heavy atom. The van der Waals surface area contributed by atoms with E-state index in [1.807, 2.05) is 24.3 Å². The number of hydrogen-bond donors (Lipinski definition) is 2. The number of benzene rings is 1. The highest BCUT2D eigenvalue weighted by Gasteiger charge is 2.13. The molecule has 1 heterocycles. The van der Waals surface area contributed by atoms with Gasteiger partial charge in [-0.15, -0.1) is 0 Å². The summed E-state index contributed by atoms with van der Waals surface area (Å²) >= 11 is 0. The van der Waals surface area contributed by atoms with Gasteiger partial charge in [0.25, 0.3) is 5.91 Å². The second-order valence-corrected chi connectivity index (χ2v) is 4.58. The van der Waals surface area contributed by atoms with E-state index in [1.165, 1.54) is 0 Å². The van der Waals surface area contributed by atoms with Gasteiger partial charge in [0.2, 0.25) is 0 Å². The minimum Gasteiger partial charge on any atom is -0.497 e. The molecule has 0 spiro atoms. The van der Waals surface area contributed by atoms with Gasteiger partial charge in [-0.2, -0.15) is 0 Å². The highest BCUT2D eigenvalue weighted by Crippen LogP contribution is 2.14. The number of pyridine rings is 1. The Bertz CT molecular complexity index is 613. The van der Waals surface area contributed by atoms with Crippen molar-refractivity contribution < 1.29 is 9.53 Å². The first kappa shape index (κ1) is 14.8. The number of hydrazine groups is 1. The van der Waals surface area contributed by atoms with E-state index in [1.54, 1.807) is 37.4 Å². The highest BCUT2D eigenvalue weighted by atomic mass is 16.5. The minimum absolute atomic E-state index is 0.164. The number of nitrogens with two attached hydrogens (primary N) is 1. The topological polar surface area (TPSA) is 80.5 Å². The fourth-order valence-corrected chi connectivity index (χ4v) is 1.91. The third-order valence-corrected chi connectivity index (χ3v) is 3.07. The van der Waals surface area contributed by atoms with Crippen LogP contribution in [0, 0.1) is 0 Å². The van der Waals surface area contributed by atoms with Crippen LogP contribution in [0.2, 0.25) is 0 Å². The molecule has 0 aliphatic heterocycles. The van der Waals surface area contributed by atoms with Crippen LogP contribution in [0.15, 0.2) is 42.6 Å². The smallest absolute Gasteiger partial charge is 0.272 e. The van der Waals surface area contributed by atoms with Gasteiger partial charge in [0.1, 0.15) is 11.4 Å². The lowest BCUT2D eigenvalue weighted by Crippen LogP contribution is -2.27. The molecule has 1 amide bonds. The number of methoxy groups -OCH3 is 1. The van der Waals surface area contributed by atoms with Crippen LogP contribution in [-0.2, 0) is 6.54 Å². The van der Waals surface area contributed by atoms with E-state index >= 15 is 0 Å². The second-order valence-electron chi connectivity index (χ2n) is 4.58. The van der Waals surface area contributed by atoms with Crippen LogP contribution in [0.4, 0.5) is 5.69 Å². The molecule has 0 fully saturated rings. The van der Waals surface area contributed by atoms with Crippen LogP contribution >= 0.6 is 0 Å². The molecule has 0 radical (unpaired) electrons. The number of nitrogens with one attached hydrogen (secondary N) is 1. The summed E-state index contributed by atoms with van der Waals surface area (Å²) in [5.74, 6) is 5.96. The SMILES string of the molecule is COc1ccc(CN(C)C(=O)c2cc(NN)ccn2)cc1. The monoisotopic (exact) mass is 286 g/mol. The molecule has 0 saturated carbocycles. The average Bonchev–Trinajstić information content (AvgIpc) is 2.54. The van der Waals surface area contributed by atoms with Gasteiger partial charge in [-0.1, -0.05) is 12.1 Å². The summed E-state index contributed by atoms with van der Waals surface area (Å²) in [4.78, 5) is 18.0. The Kier molecular flexibility index (Phi) is 4.73. The maximum atomic E-state index is 12.3. The molecule has 0 aliphatic carbocycles. The van der Waals surface area contributed by atoms with Crippen molar-refractivity contribution in [1.29, 1.82) is 0 Å². The maximum absolute atomic E-state index is 12.3. The summed E-state index contributed by atoms with van der Waals surface area (Å²) in [5.41, 5.74) is 4.51. The normalized spacial score (nSPS) is 10.0. The van der Waals surface area contributed by atoms with E-state index in [4.69, 9.17) is 10.6 Å². The van der Waals surface area contributed by atoms with Gasteiger partial charge < -0.3 is 15.1 Å². The Morgan fingerprint density at radius 2 is 2.05 bits per heavy atom. The predicted octanol–water partition coefficient (Wildman–Crippen LogP) is 1.65.